The standard InChI is InChI=1S/C15H20ClN3O2/c1-11-5-3-6-12(13(11)16)17-14(20)15(21)19-8-4-7-18(2)9-10-19/h3,5-6H,4,7-10H2,1-2H3,(H,17,20). The summed E-state index contributed by atoms with van der Waals surface area (Å²) in [5.41, 5.74) is 1.33. The van der Waals surface area contributed by atoms with Crippen molar-refractivity contribution in [2.45, 2.75) is 13.3 Å². The molecular weight excluding hydrogens is 290 g/mol. The van der Waals surface area contributed by atoms with E-state index in [0.717, 1.165) is 25.1 Å². The van der Waals surface area contributed by atoms with Gasteiger partial charge < -0.3 is 15.1 Å². The van der Waals surface area contributed by atoms with Crippen LogP contribution in [0.5, 0.6) is 0 Å². The van der Waals surface area contributed by atoms with E-state index in [0.29, 0.717) is 23.8 Å². The zero-order chi connectivity index (χ0) is 15.4. The van der Waals surface area contributed by atoms with Crippen molar-refractivity contribution in [2.24, 2.45) is 0 Å². The van der Waals surface area contributed by atoms with Crippen LogP contribution < -0.4 is 5.32 Å². The molecule has 0 spiro atoms. The Labute approximate surface area is 129 Å². The van der Waals surface area contributed by atoms with E-state index in [1.807, 2.05) is 20.0 Å². The molecule has 0 radical (unpaired) electrons. The molecular formula is C15H20ClN3O2. The number of amides is 2. The molecule has 5 nitrogen and oxygen atoms in total. The Kier molecular flexibility index (Phi) is 5.20. The average molecular weight is 310 g/mol. The maximum Gasteiger partial charge on any atom is 0.313 e. The van der Waals surface area contributed by atoms with Crippen LogP contribution in [0.4, 0.5) is 5.69 Å². The van der Waals surface area contributed by atoms with Crippen molar-refractivity contribution >= 4 is 29.1 Å². The van der Waals surface area contributed by atoms with Gasteiger partial charge >= 0.3 is 11.8 Å². The number of benzene rings is 1. The van der Waals surface area contributed by atoms with E-state index in [-0.39, 0.29) is 0 Å². The van der Waals surface area contributed by atoms with Gasteiger partial charge in [-0.15, -0.1) is 0 Å². The normalized spacial score (nSPS) is 16.4. The number of aryl methyl sites for hydroxylation is 1. The smallest absolute Gasteiger partial charge is 0.313 e. The minimum absolute atomic E-state index is 0.467. The molecule has 1 saturated heterocycles. The zero-order valence-corrected chi connectivity index (χ0v) is 13.1. The van der Waals surface area contributed by atoms with Crippen molar-refractivity contribution in [3.63, 3.8) is 0 Å². The third-order valence-corrected chi connectivity index (χ3v) is 4.14. The molecule has 6 heteroatoms. The zero-order valence-electron chi connectivity index (χ0n) is 12.4. The van der Waals surface area contributed by atoms with Gasteiger partial charge in [0.05, 0.1) is 10.7 Å². The highest BCUT2D eigenvalue weighted by molar-refractivity contribution is 6.41. The Morgan fingerprint density at radius 2 is 1.95 bits per heavy atom. The van der Waals surface area contributed by atoms with Crippen LogP contribution in [-0.4, -0.2) is 54.8 Å². The van der Waals surface area contributed by atoms with E-state index in [1.165, 1.54) is 0 Å². The van der Waals surface area contributed by atoms with Crippen LogP contribution in [-0.2, 0) is 9.59 Å². The van der Waals surface area contributed by atoms with E-state index in [2.05, 4.69) is 10.2 Å². The van der Waals surface area contributed by atoms with Crippen LogP contribution in [0.3, 0.4) is 0 Å². The van der Waals surface area contributed by atoms with Crippen molar-refractivity contribution in [1.29, 1.82) is 0 Å². The van der Waals surface area contributed by atoms with Crippen LogP contribution >= 0.6 is 11.6 Å². The molecule has 1 fully saturated rings. The molecule has 0 aliphatic carbocycles. The summed E-state index contributed by atoms with van der Waals surface area (Å²) < 4.78 is 0. The summed E-state index contributed by atoms with van der Waals surface area (Å²) in [6, 6.07) is 5.34. The summed E-state index contributed by atoms with van der Waals surface area (Å²) in [4.78, 5) is 28.1. The fraction of sp³-hybridized carbons (Fsp3) is 0.467. The highest BCUT2D eigenvalue weighted by Crippen LogP contribution is 2.25. The summed E-state index contributed by atoms with van der Waals surface area (Å²) in [6.07, 6.45) is 0.876. The largest absolute Gasteiger partial charge is 0.333 e. The first-order valence-corrected chi connectivity index (χ1v) is 7.40. The van der Waals surface area contributed by atoms with Gasteiger partial charge in [0.15, 0.2) is 0 Å². The molecule has 114 valence electrons. The monoisotopic (exact) mass is 309 g/mol. The van der Waals surface area contributed by atoms with Crippen molar-refractivity contribution in [3.8, 4) is 0 Å². The Balaban J connectivity index is 2.02. The minimum Gasteiger partial charge on any atom is -0.333 e. The molecule has 0 saturated carbocycles. The lowest BCUT2D eigenvalue weighted by Crippen LogP contribution is -2.41. The summed E-state index contributed by atoms with van der Waals surface area (Å²) >= 11 is 6.13. The second kappa shape index (κ2) is 6.91. The topological polar surface area (TPSA) is 52.7 Å². The summed E-state index contributed by atoms with van der Waals surface area (Å²) in [5, 5.41) is 3.07. The van der Waals surface area contributed by atoms with E-state index >= 15 is 0 Å². The molecule has 1 N–H and O–H groups in total. The lowest BCUT2D eigenvalue weighted by molar-refractivity contribution is -0.143. The van der Waals surface area contributed by atoms with Crippen LogP contribution in [0.25, 0.3) is 0 Å². The fourth-order valence-corrected chi connectivity index (χ4v) is 2.49. The number of carbonyl (C=O) groups is 2. The molecule has 0 bridgehead atoms. The minimum atomic E-state index is -0.632. The number of nitrogens with zero attached hydrogens (tertiary/aromatic N) is 2. The number of carbonyl (C=O) groups excluding carboxylic acids is 2. The molecule has 1 aliphatic heterocycles. The molecule has 1 aromatic carbocycles. The number of hydrogen-bond donors (Lipinski definition) is 1. The molecule has 21 heavy (non-hydrogen) atoms. The predicted octanol–water partition coefficient (Wildman–Crippen LogP) is 1.75. The number of anilines is 1. The van der Waals surface area contributed by atoms with Gasteiger partial charge in [-0.1, -0.05) is 23.7 Å². The van der Waals surface area contributed by atoms with Gasteiger partial charge in [-0.2, -0.15) is 0 Å². The number of nitrogens with one attached hydrogen (secondary N) is 1. The van der Waals surface area contributed by atoms with Gasteiger partial charge in [0.1, 0.15) is 0 Å². The van der Waals surface area contributed by atoms with Gasteiger partial charge in [-0.3, -0.25) is 9.59 Å². The highest BCUT2D eigenvalue weighted by atomic mass is 35.5. The Hall–Kier alpha value is -1.59. The number of rotatable bonds is 1. The van der Waals surface area contributed by atoms with Gasteiger partial charge in [0, 0.05) is 19.6 Å². The first-order chi connectivity index (χ1) is 9.99. The molecule has 0 unspecified atom stereocenters. The predicted molar refractivity (Wildman–Crippen MR) is 83.5 cm³/mol. The molecule has 0 aromatic heterocycles. The van der Waals surface area contributed by atoms with Crippen molar-refractivity contribution < 1.29 is 9.59 Å². The number of likely N-dealkylation sites (N-methyl/N-ethyl adjacent to an activating group) is 1. The number of halogens is 1. The van der Waals surface area contributed by atoms with Crippen LogP contribution in [0.15, 0.2) is 18.2 Å². The molecule has 1 heterocycles. The Morgan fingerprint density at radius 3 is 2.71 bits per heavy atom. The lowest BCUT2D eigenvalue weighted by Gasteiger charge is -2.20. The quantitative estimate of drug-likeness (QED) is 0.804. The Morgan fingerprint density at radius 1 is 1.19 bits per heavy atom. The van der Waals surface area contributed by atoms with Crippen LogP contribution in [0, 0.1) is 6.92 Å². The van der Waals surface area contributed by atoms with E-state index in [9.17, 15) is 9.59 Å². The molecule has 2 amide bonds. The fourth-order valence-electron chi connectivity index (χ4n) is 2.31. The van der Waals surface area contributed by atoms with Crippen molar-refractivity contribution in [2.75, 3.05) is 38.5 Å². The van der Waals surface area contributed by atoms with E-state index < -0.39 is 11.8 Å². The first-order valence-electron chi connectivity index (χ1n) is 7.03. The van der Waals surface area contributed by atoms with E-state index in [1.54, 1.807) is 17.0 Å². The van der Waals surface area contributed by atoms with Crippen molar-refractivity contribution in [3.05, 3.63) is 28.8 Å². The average Bonchev–Trinajstić information content (AvgIpc) is 2.68. The van der Waals surface area contributed by atoms with E-state index in [4.69, 9.17) is 11.6 Å². The van der Waals surface area contributed by atoms with Gasteiger partial charge in [0.25, 0.3) is 0 Å². The second-order valence-electron chi connectivity index (χ2n) is 5.34. The molecule has 2 rings (SSSR count). The maximum atomic E-state index is 12.2. The van der Waals surface area contributed by atoms with Gasteiger partial charge in [-0.05, 0) is 38.6 Å². The summed E-state index contributed by atoms with van der Waals surface area (Å²) in [5.74, 6) is -1.13. The Bertz CT molecular complexity index is 548. The highest BCUT2D eigenvalue weighted by Gasteiger charge is 2.24. The third kappa shape index (κ3) is 3.95. The molecule has 1 aromatic rings. The lowest BCUT2D eigenvalue weighted by atomic mass is 10.2. The maximum absolute atomic E-state index is 12.2. The van der Waals surface area contributed by atoms with Gasteiger partial charge in [0.2, 0.25) is 0 Å². The van der Waals surface area contributed by atoms with Crippen LogP contribution in [0.1, 0.15) is 12.0 Å². The second-order valence-corrected chi connectivity index (χ2v) is 5.72. The molecule has 1 aliphatic rings. The summed E-state index contributed by atoms with van der Waals surface area (Å²) in [6.45, 7) is 4.76. The van der Waals surface area contributed by atoms with Gasteiger partial charge in [-0.25, -0.2) is 0 Å². The van der Waals surface area contributed by atoms with Crippen molar-refractivity contribution in [1.82, 2.24) is 9.80 Å². The third-order valence-electron chi connectivity index (χ3n) is 3.64. The van der Waals surface area contributed by atoms with Crippen LogP contribution in [0.2, 0.25) is 5.02 Å². The molecule has 0 atom stereocenters. The summed E-state index contributed by atoms with van der Waals surface area (Å²) in [7, 11) is 2.01. The first kappa shape index (κ1) is 15.8. The SMILES string of the molecule is Cc1cccc(NC(=O)C(=O)N2CCCN(C)CC2)c1Cl. The number of hydrogen-bond acceptors (Lipinski definition) is 3.